The fourth-order valence-corrected chi connectivity index (χ4v) is 6.89. The van der Waals surface area contributed by atoms with Crippen LogP contribution in [0.2, 0.25) is 0 Å². The number of hydrogen-bond acceptors (Lipinski definition) is 0. The quantitative estimate of drug-likeness (QED) is 0.599. The van der Waals surface area contributed by atoms with Crippen molar-refractivity contribution in [2.45, 2.75) is 32.1 Å². The van der Waals surface area contributed by atoms with Crippen LogP contribution in [0, 0.1) is 0 Å². The monoisotopic (exact) mass is 332 g/mol. The first-order chi connectivity index (χ1) is 4.30. The summed E-state index contributed by atoms with van der Waals surface area (Å²) in [6.07, 6.45) is 6.55. The Kier molecular flexibility index (Phi) is 3.98. The standard InChI is InChI=1S/C6H10.2ClH.Hf/c1-2-4-6-5-3-1;;;/h1-5H2;2*1H;/q;;;+2/p-2. The molecule has 0 unspecified atom stereocenters. The van der Waals surface area contributed by atoms with Crippen molar-refractivity contribution in [2.24, 2.45) is 0 Å². The van der Waals surface area contributed by atoms with E-state index in [2.05, 4.69) is 0 Å². The van der Waals surface area contributed by atoms with Crippen molar-refractivity contribution < 1.29 is 18.6 Å². The van der Waals surface area contributed by atoms with Crippen molar-refractivity contribution in [2.75, 3.05) is 0 Å². The summed E-state index contributed by atoms with van der Waals surface area (Å²) >= 11 is -2.02. The summed E-state index contributed by atoms with van der Waals surface area (Å²) in [5.41, 5.74) is 0. The third-order valence-corrected chi connectivity index (χ3v) is 9.82. The van der Waals surface area contributed by atoms with Crippen LogP contribution in [0.1, 0.15) is 32.1 Å². The van der Waals surface area contributed by atoms with E-state index in [1.807, 2.05) is 0 Å². The second-order valence-electron chi connectivity index (χ2n) is 2.42. The van der Waals surface area contributed by atoms with Crippen LogP contribution in [0.3, 0.4) is 0 Å². The molecule has 1 saturated carbocycles. The molecule has 1 rings (SSSR count). The normalized spacial score (nSPS) is 20.0. The Morgan fingerprint density at radius 2 is 1.56 bits per heavy atom. The molecular weight excluding hydrogens is 321 g/mol. The van der Waals surface area contributed by atoms with Gasteiger partial charge in [0.2, 0.25) is 0 Å². The fraction of sp³-hybridized carbons (Fsp3) is 0.833. The first-order valence-electron chi connectivity index (χ1n) is 3.34. The molecule has 0 bridgehead atoms. The molecule has 0 aliphatic heterocycles. The molecule has 1 fully saturated rings. The molecular formula is C6H10Cl2Hf. The van der Waals surface area contributed by atoms with Crippen molar-refractivity contribution in [3.8, 4) is 0 Å². The van der Waals surface area contributed by atoms with Gasteiger partial charge < -0.3 is 0 Å². The Morgan fingerprint density at radius 3 is 1.89 bits per heavy atom. The van der Waals surface area contributed by atoms with Crippen LogP contribution in [0.25, 0.3) is 0 Å². The molecule has 0 atom stereocenters. The van der Waals surface area contributed by atoms with Gasteiger partial charge in [-0.05, 0) is 0 Å². The molecule has 0 aromatic heterocycles. The number of rotatable bonds is 0. The predicted octanol–water partition coefficient (Wildman–Crippen LogP) is 3.05. The molecule has 0 saturated heterocycles. The Labute approximate surface area is 70.7 Å². The first kappa shape index (κ1) is 8.42. The zero-order chi connectivity index (χ0) is 6.69. The van der Waals surface area contributed by atoms with Crippen LogP contribution in [0.5, 0.6) is 0 Å². The molecule has 3 heteroatoms. The summed E-state index contributed by atoms with van der Waals surface area (Å²) in [7, 11) is 11.8. The van der Waals surface area contributed by atoms with Gasteiger partial charge in [-0.25, -0.2) is 0 Å². The van der Waals surface area contributed by atoms with E-state index >= 15 is 0 Å². The summed E-state index contributed by atoms with van der Waals surface area (Å²) in [5.74, 6) is 0. The van der Waals surface area contributed by atoms with E-state index in [1.165, 1.54) is 32.1 Å². The maximum absolute atomic E-state index is 5.90. The van der Waals surface area contributed by atoms with Crippen molar-refractivity contribution in [3.63, 3.8) is 0 Å². The topological polar surface area (TPSA) is 0 Å². The Balaban J connectivity index is 2.49. The minimum atomic E-state index is -2.02. The third-order valence-electron chi connectivity index (χ3n) is 1.72. The van der Waals surface area contributed by atoms with Gasteiger partial charge in [0.1, 0.15) is 0 Å². The van der Waals surface area contributed by atoms with E-state index in [1.54, 1.807) is 3.26 Å². The van der Waals surface area contributed by atoms with Crippen LogP contribution >= 0.6 is 17.2 Å². The van der Waals surface area contributed by atoms with Crippen LogP contribution < -0.4 is 0 Å². The van der Waals surface area contributed by atoms with E-state index in [0.29, 0.717) is 0 Å². The van der Waals surface area contributed by atoms with Crippen LogP contribution in [-0.4, -0.2) is 3.26 Å². The third kappa shape index (κ3) is 2.81. The van der Waals surface area contributed by atoms with Gasteiger partial charge in [-0.2, -0.15) is 0 Å². The predicted molar refractivity (Wildman–Crippen MR) is 39.8 cm³/mol. The van der Waals surface area contributed by atoms with Gasteiger partial charge in [-0.3, -0.25) is 0 Å². The van der Waals surface area contributed by atoms with Gasteiger partial charge in [-0.1, -0.05) is 0 Å². The van der Waals surface area contributed by atoms with E-state index in [-0.39, 0.29) is 0 Å². The molecule has 9 heavy (non-hydrogen) atoms. The average molecular weight is 332 g/mol. The van der Waals surface area contributed by atoms with Crippen molar-refractivity contribution in [3.05, 3.63) is 0 Å². The van der Waals surface area contributed by atoms with Crippen LogP contribution in [-0.2, 0) is 18.6 Å². The van der Waals surface area contributed by atoms with Crippen molar-refractivity contribution in [1.29, 1.82) is 0 Å². The molecule has 0 nitrogen and oxygen atoms in total. The molecule has 1 aliphatic rings. The van der Waals surface area contributed by atoms with Gasteiger partial charge in [0.05, 0.1) is 0 Å². The molecule has 52 valence electrons. The summed E-state index contributed by atoms with van der Waals surface area (Å²) in [4.78, 5) is 0. The summed E-state index contributed by atoms with van der Waals surface area (Å²) < 4.78 is 1.55. The molecule has 0 N–H and O–H groups in total. The van der Waals surface area contributed by atoms with Crippen LogP contribution in [0.4, 0.5) is 0 Å². The van der Waals surface area contributed by atoms with E-state index in [9.17, 15) is 0 Å². The fourth-order valence-electron chi connectivity index (χ4n) is 1.17. The molecule has 1 aliphatic carbocycles. The van der Waals surface area contributed by atoms with Crippen molar-refractivity contribution in [1.82, 2.24) is 0 Å². The minimum absolute atomic E-state index is 1.25. The molecule has 0 amide bonds. The van der Waals surface area contributed by atoms with Gasteiger partial charge in [-0.15, -0.1) is 0 Å². The average Bonchev–Trinajstić information content (AvgIpc) is 1.90. The van der Waals surface area contributed by atoms with E-state index in [0.717, 1.165) is 0 Å². The molecule has 0 aromatic carbocycles. The Bertz CT molecular complexity index is 119. The summed E-state index contributed by atoms with van der Waals surface area (Å²) in [6.45, 7) is 0. The van der Waals surface area contributed by atoms with Gasteiger partial charge in [0.15, 0.2) is 0 Å². The molecule has 0 heterocycles. The maximum atomic E-state index is 5.90. The zero-order valence-electron chi connectivity index (χ0n) is 5.29. The SMILES string of the molecule is [Cl][Hf]([Cl])=[C]1CCCCC1. The molecule has 0 aromatic rings. The number of halogens is 2. The van der Waals surface area contributed by atoms with Gasteiger partial charge in [0, 0.05) is 0 Å². The second kappa shape index (κ2) is 4.25. The van der Waals surface area contributed by atoms with E-state index < -0.39 is 18.6 Å². The second-order valence-corrected chi connectivity index (χ2v) is 14.6. The molecule has 0 radical (unpaired) electrons. The Morgan fingerprint density at radius 1 is 1.00 bits per heavy atom. The Hall–Kier alpha value is 1.32. The van der Waals surface area contributed by atoms with Crippen LogP contribution in [0.15, 0.2) is 0 Å². The molecule has 0 spiro atoms. The van der Waals surface area contributed by atoms with Gasteiger partial charge in [0.25, 0.3) is 0 Å². The van der Waals surface area contributed by atoms with Crippen molar-refractivity contribution >= 4 is 20.4 Å². The van der Waals surface area contributed by atoms with E-state index in [4.69, 9.17) is 17.2 Å². The zero-order valence-corrected chi connectivity index (χ0v) is 10.4. The summed E-state index contributed by atoms with van der Waals surface area (Å²) in [6, 6.07) is 0. The summed E-state index contributed by atoms with van der Waals surface area (Å²) in [5, 5.41) is 0. The first-order valence-corrected chi connectivity index (χ1v) is 14.0. The number of hydrogen-bond donors (Lipinski definition) is 0. The van der Waals surface area contributed by atoms with Gasteiger partial charge >= 0.3 is 71.1 Å².